The molecule has 0 aliphatic carbocycles. The Balaban J connectivity index is 2.15. The fourth-order valence-corrected chi connectivity index (χ4v) is 4.72. The molecule has 9 heteroatoms. The third kappa shape index (κ3) is 4.29. The maximum Gasteiger partial charge on any atom is 0.252 e. The van der Waals surface area contributed by atoms with Gasteiger partial charge in [0.05, 0.1) is 5.56 Å². The molecule has 1 aromatic carbocycles. The number of rotatable bonds is 5. The molecule has 1 amide bonds. The van der Waals surface area contributed by atoms with Crippen LogP contribution in [0.2, 0.25) is 10.0 Å². The van der Waals surface area contributed by atoms with Crippen LogP contribution in [-0.2, 0) is 15.4 Å². The van der Waals surface area contributed by atoms with Crippen LogP contribution in [0.4, 0.5) is 0 Å². The van der Waals surface area contributed by atoms with Gasteiger partial charge in [-0.25, -0.2) is 13.6 Å². The Kier molecular flexibility index (Phi) is 5.61. The second-order valence-corrected chi connectivity index (χ2v) is 9.38. The molecule has 0 fully saturated rings. The Morgan fingerprint density at radius 2 is 1.88 bits per heavy atom. The first-order chi connectivity index (χ1) is 11.0. The van der Waals surface area contributed by atoms with Gasteiger partial charge < -0.3 is 5.32 Å². The van der Waals surface area contributed by atoms with E-state index in [-0.39, 0.29) is 16.3 Å². The number of halogens is 2. The predicted molar refractivity (Wildman–Crippen MR) is 97.5 cm³/mol. The van der Waals surface area contributed by atoms with Gasteiger partial charge in [0.1, 0.15) is 4.21 Å². The minimum atomic E-state index is -3.81. The van der Waals surface area contributed by atoms with Crippen LogP contribution in [0, 0.1) is 0 Å². The van der Waals surface area contributed by atoms with Crippen LogP contribution in [0.5, 0.6) is 0 Å². The molecule has 2 aromatic rings. The first-order valence-electron chi connectivity index (χ1n) is 6.86. The largest absolute Gasteiger partial charge is 0.351 e. The van der Waals surface area contributed by atoms with E-state index in [2.05, 4.69) is 5.32 Å². The van der Waals surface area contributed by atoms with E-state index in [4.69, 9.17) is 28.3 Å². The van der Waals surface area contributed by atoms with E-state index in [1.807, 2.05) is 13.8 Å². The average Bonchev–Trinajstić information content (AvgIpc) is 2.94. The van der Waals surface area contributed by atoms with Gasteiger partial charge in [-0.05, 0) is 23.8 Å². The number of nitrogens with two attached hydrogens (primary N) is 1. The number of nitrogens with one attached hydrogen (secondary N) is 1. The third-order valence-corrected chi connectivity index (χ3v) is 6.46. The van der Waals surface area contributed by atoms with E-state index in [0.29, 0.717) is 10.0 Å². The van der Waals surface area contributed by atoms with Crippen LogP contribution >= 0.6 is 34.5 Å². The van der Waals surface area contributed by atoms with Gasteiger partial charge in [0.15, 0.2) is 0 Å². The zero-order valence-corrected chi connectivity index (χ0v) is 16.1. The van der Waals surface area contributed by atoms with E-state index in [9.17, 15) is 13.2 Å². The number of primary sulfonamides is 1. The van der Waals surface area contributed by atoms with Gasteiger partial charge in [-0.3, -0.25) is 4.79 Å². The molecule has 5 nitrogen and oxygen atoms in total. The second kappa shape index (κ2) is 7.01. The highest BCUT2D eigenvalue weighted by molar-refractivity contribution is 7.91. The van der Waals surface area contributed by atoms with Gasteiger partial charge in [-0.1, -0.05) is 43.1 Å². The van der Waals surface area contributed by atoms with Crippen LogP contribution in [0.15, 0.2) is 33.9 Å². The maximum absolute atomic E-state index is 12.2. The summed E-state index contributed by atoms with van der Waals surface area (Å²) < 4.78 is 22.5. The van der Waals surface area contributed by atoms with Gasteiger partial charge in [0.2, 0.25) is 10.0 Å². The van der Waals surface area contributed by atoms with Crippen LogP contribution < -0.4 is 10.5 Å². The molecule has 0 spiro atoms. The molecule has 0 aliphatic rings. The highest BCUT2D eigenvalue weighted by atomic mass is 35.5. The van der Waals surface area contributed by atoms with Crippen molar-refractivity contribution in [1.82, 2.24) is 5.32 Å². The minimum absolute atomic E-state index is 0.0546. The molecule has 0 atom stereocenters. The summed E-state index contributed by atoms with van der Waals surface area (Å²) in [6.07, 6.45) is 0. The first kappa shape index (κ1) is 19.2. The molecule has 24 heavy (non-hydrogen) atoms. The normalized spacial score (nSPS) is 12.2. The van der Waals surface area contributed by atoms with Crippen molar-refractivity contribution in [3.05, 3.63) is 50.8 Å². The molecule has 0 radical (unpaired) electrons. The highest BCUT2D eigenvalue weighted by Crippen LogP contribution is 2.35. The molecule has 3 N–H and O–H groups in total. The van der Waals surface area contributed by atoms with Crippen molar-refractivity contribution in [3.8, 4) is 0 Å². The van der Waals surface area contributed by atoms with Crippen molar-refractivity contribution >= 4 is 50.5 Å². The zero-order valence-electron chi connectivity index (χ0n) is 13.0. The van der Waals surface area contributed by atoms with Crippen LogP contribution in [-0.4, -0.2) is 20.9 Å². The smallest absolute Gasteiger partial charge is 0.252 e. The number of carbonyl (C=O) groups is 1. The molecule has 1 aromatic heterocycles. The summed E-state index contributed by atoms with van der Waals surface area (Å²) in [4.78, 5) is 12.2. The summed E-state index contributed by atoms with van der Waals surface area (Å²) in [5.41, 5.74) is 0.471. The number of thiophene rings is 1. The van der Waals surface area contributed by atoms with E-state index < -0.39 is 21.3 Å². The number of hydrogen-bond donors (Lipinski definition) is 2. The lowest BCUT2D eigenvalue weighted by Gasteiger charge is -2.27. The predicted octanol–water partition coefficient (Wildman–Crippen LogP) is 3.41. The SMILES string of the molecule is CC(C)(CNC(=O)c1csc(S(N)(=O)=O)c1)c1c(Cl)cccc1Cl. The fraction of sp³-hybridized carbons (Fsp3) is 0.267. The molecular formula is C15H16Cl2N2O3S2. The fourth-order valence-electron chi connectivity index (χ4n) is 2.22. The monoisotopic (exact) mass is 406 g/mol. The lowest BCUT2D eigenvalue weighted by atomic mass is 9.84. The summed E-state index contributed by atoms with van der Waals surface area (Å²) in [5, 5.41) is 10.3. The van der Waals surface area contributed by atoms with Crippen LogP contribution in [0.25, 0.3) is 0 Å². The Labute approximate surface area is 154 Å². The second-order valence-electron chi connectivity index (χ2n) is 5.86. The van der Waals surface area contributed by atoms with E-state index >= 15 is 0 Å². The standard InChI is InChI=1S/C15H16Cl2N2O3S2/c1-15(2,13-10(16)4-3-5-11(13)17)8-19-14(20)9-6-12(23-7-9)24(18,21)22/h3-7H,8H2,1-2H3,(H,19,20)(H2,18,21,22). The highest BCUT2D eigenvalue weighted by Gasteiger charge is 2.27. The summed E-state index contributed by atoms with van der Waals surface area (Å²) in [5.74, 6) is -0.391. The lowest BCUT2D eigenvalue weighted by Crippen LogP contribution is -2.37. The minimum Gasteiger partial charge on any atom is -0.351 e. The average molecular weight is 407 g/mol. The van der Waals surface area contributed by atoms with Crippen molar-refractivity contribution in [2.24, 2.45) is 5.14 Å². The van der Waals surface area contributed by atoms with Gasteiger partial charge >= 0.3 is 0 Å². The van der Waals surface area contributed by atoms with Crippen LogP contribution in [0.3, 0.4) is 0 Å². The Morgan fingerprint density at radius 3 is 2.38 bits per heavy atom. The summed E-state index contributed by atoms with van der Waals surface area (Å²) >= 11 is 13.4. The molecule has 0 unspecified atom stereocenters. The van der Waals surface area contributed by atoms with Crippen molar-refractivity contribution < 1.29 is 13.2 Å². The molecule has 0 saturated heterocycles. The van der Waals surface area contributed by atoms with Crippen molar-refractivity contribution in [2.75, 3.05) is 6.54 Å². The lowest BCUT2D eigenvalue weighted by molar-refractivity contribution is 0.0946. The van der Waals surface area contributed by atoms with Crippen molar-refractivity contribution in [1.29, 1.82) is 0 Å². The number of sulfonamides is 1. The summed E-state index contributed by atoms with van der Waals surface area (Å²) in [6.45, 7) is 4.09. The van der Waals surface area contributed by atoms with E-state index in [1.54, 1.807) is 18.2 Å². The van der Waals surface area contributed by atoms with E-state index in [0.717, 1.165) is 16.9 Å². The molecule has 0 bridgehead atoms. The number of hydrogen-bond acceptors (Lipinski definition) is 4. The van der Waals surface area contributed by atoms with Gasteiger partial charge in [-0.15, -0.1) is 11.3 Å². The topological polar surface area (TPSA) is 89.3 Å². The van der Waals surface area contributed by atoms with Gasteiger partial charge in [-0.2, -0.15) is 0 Å². The quantitative estimate of drug-likeness (QED) is 0.796. The summed E-state index contributed by atoms with van der Waals surface area (Å²) in [6, 6.07) is 6.49. The number of amides is 1. The van der Waals surface area contributed by atoms with Gasteiger partial charge in [0, 0.05) is 27.4 Å². The first-order valence-corrected chi connectivity index (χ1v) is 10.0. The molecular weight excluding hydrogens is 391 g/mol. The molecule has 2 rings (SSSR count). The van der Waals surface area contributed by atoms with E-state index in [1.165, 1.54) is 11.4 Å². The van der Waals surface area contributed by atoms with Crippen molar-refractivity contribution in [2.45, 2.75) is 23.5 Å². The Hall–Kier alpha value is -1.12. The third-order valence-electron chi connectivity index (χ3n) is 3.45. The molecule has 0 aliphatic heterocycles. The Bertz CT molecular complexity index is 856. The summed E-state index contributed by atoms with van der Waals surface area (Å²) in [7, 11) is -3.81. The molecule has 0 saturated carbocycles. The van der Waals surface area contributed by atoms with Crippen molar-refractivity contribution in [3.63, 3.8) is 0 Å². The molecule has 130 valence electrons. The van der Waals surface area contributed by atoms with Gasteiger partial charge in [0.25, 0.3) is 5.91 Å². The Morgan fingerprint density at radius 1 is 1.29 bits per heavy atom. The molecule has 1 heterocycles. The van der Waals surface area contributed by atoms with Crippen LogP contribution in [0.1, 0.15) is 29.8 Å². The number of carbonyl (C=O) groups excluding carboxylic acids is 1. The zero-order chi connectivity index (χ0) is 18.1. The number of benzene rings is 1. The maximum atomic E-state index is 12.2.